The highest BCUT2D eigenvalue weighted by atomic mass is 16.5. The lowest BCUT2D eigenvalue weighted by atomic mass is 10.0. The summed E-state index contributed by atoms with van der Waals surface area (Å²) in [7, 11) is 3.04. The summed E-state index contributed by atoms with van der Waals surface area (Å²) in [5, 5.41) is 4.41. The van der Waals surface area contributed by atoms with Gasteiger partial charge in [0.15, 0.2) is 5.76 Å². The maximum absolute atomic E-state index is 13.4. The molecule has 5 rings (SSSR count). The van der Waals surface area contributed by atoms with Gasteiger partial charge in [0.1, 0.15) is 22.7 Å². The minimum absolute atomic E-state index is 0.349. The van der Waals surface area contributed by atoms with Crippen LogP contribution in [0.15, 0.2) is 74.3 Å². The number of nitrogens with one attached hydrogen (secondary N) is 1. The molecule has 0 atom stereocenters. The fourth-order valence-corrected chi connectivity index (χ4v) is 4.29. The van der Waals surface area contributed by atoms with Gasteiger partial charge < -0.3 is 23.6 Å². The van der Waals surface area contributed by atoms with E-state index >= 15 is 0 Å². The number of amides is 1. The van der Waals surface area contributed by atoms with Crippen LogP contribution in [-0.2, 0) is 0 Å². The van der Waals surface area contributed by atoms with Gasteiger partial charge in [-0.05, 0) is 55.3 Å². The van der Waals surface area contributed by atoms with E-state index in [0.717, 1.165) is 16.5 Å². The number of fused-ring (bicyclic) bond motifs is 2. The maximum atomic E-state index is 13.4. The molecule has 2 heterocycles. The Kier molecular flexibility index (Phi) is 5.53. The fraction of sp³-hybridized carbons (Fsp3) is 0.143. The smallest absolute Gasteiger partial charge is 0.336 e. The van der Waals surface area contributed by atoms with Crippen LogP contribution in [0.2, 0.25) is 0 Å². The van der Waals surface area contributed by atoms with Crippen LogP contribution in [-0.4, -0.2) is 20.1 Å². The average Bonchev–Trinajstić information content (AvgIpc) is 3.21. The summed E-state index contributed by atoms with van der Waals surface area (Å²) >= 11 is 0. The van der Waals surface area contributed by atoms with Crippen molar-refractivity contribution in [3.63, 3.8) is 0 Å². The number of rotatable bonds is 5. The third-order valence-corrected chi connectivity index (χ3v) is 5.87. The number of hydrogen-bond donors (Lipinski definition) is 1. The van der Waals surface area contributed by atoms with E-state index in [4.69, 9.17) is 18.3 Å². The molecular formula is C28H23NO6. The van der Waals surface area contributed by atoms with Gasteiger partial charge in [0.05, 0.1) is 19.9 Å². The van der Waals surface area contributed by atoms with Crippen LogP contribution in [0.25, 0.3) is 33.3 Å². The summed E-state index contributed by atoms with van der Waals surface area (Å²) < 4.78 is 22.3. The zero-order chi connectivity index (χ0) is 24.7. The summed E-state index contributed by atoms with van der Waals surface area (Å²) in [6.07, 6.45) is 0. The Labute approximate surface area is 200 Å². The molecule has 35 heavy (non-hydrogen) atoms. The summed E-state index contributed by atoms with van der Waals surface area (Å²) in [5.41, 5.74) is 3.74. The van der Waals surface area contributed by atoms with Gasteiger partial charge in [-0.3, -0.25) is 4.79 Å². The third-order valence-electron chi connectivity index (χ3n) is 5.87. The molecule has 0 aliphatic rings. The van der Waals surface area contributed by atoms with E-state index in [2.05, 4.69) is 5.32 Å². The molecule has 7 heteroatoms. The number of furan rings is 1. The first-order valence-electron chi connectivity index (χ1n) is 11.0. The minimum atomic E-state index is -0.505. The zero-order valence-electron chi connectivity index (χ0n) is 19.7. The van der Waals surface area contributed by atoms with Crippen molar-refractivity contribution >= 4 is 33.5 Å². The Balaban J connectivity index is 1.72. The van der Waals surface area contributed by atoms with Crippen molar-refractivity contribution in [3.05, 3.63) is 87.8 Å². The van der Waals surface area contributed by atoms with Crippen molar-refractivity contribution in [2.45, 2.75) is 13.8 Å². The summed E-state index contributed by atoms with van der Waals surface area (Å²) in [6.45, 7) is 3.86. The molecule has 0 bridgehead atoms. The Hall–Kier alpha value is -4.52. The number of carbonyl (C=O) groups excluding carboxylic acids is 1. The second kappa shape index (κ2) is 8.68. The van der Waals surface area contributed by atoms with Crippen LogP contribution < -0.4 is 20.4 Å². The first-order chi connectivity index (χ1) is 16.9. The molecule has 0 aliphatic carbocycles. The quantitative estimate of drug-likeness (QED) is 0.313. The van der Waals surface area contributed by atoms with E-state index in [1.54, 1.807) is 18.2 Å². The number of hydrogen-bond acceptors (Lipinski definition) is 6. The van der Waals surface area contributed by atoms with Crippen LogP contribution in [0, 0.1) is 13.8 Å². The first-order valence-corrected chi connectivity index (χ1v) is 11.0. The number of aryl methyl sites for hydroxylation is 2. The molecule has 0 aliphatic heterocycles. The molecule has 7 nitrogen and oxygen atoms in total. The molecule has 176 valence electrons. The van der Waals surface area contributed by atoms with Crippen LogP contribution >= 0.6 is 0 Å². The van der Waals surface area contributed by atoms with E-state index in [-0.39, 0.29) is 5.91 Å². The summed E-state index contributed by atoms with van der Waals surface area (Å²) in [5.74, 6) is 0.973. The number of ether oxygens (including phenoxy) is 2. The standard InChI is InChI=1S/C28H23NO6/c1-15-9-16(2)26-21(10-15)22(14-24(30)35-26)27-25(20-7-5-6-8-23(20)34-27)29-28(31)17-11-18(32-3)13-19(12-17)33-4/h5-14H,1-4H3,(H,29,31). The van der Waals surface area contributed by atoms with Gasteiger partial charge in [0.25, 0.3) is 5.91 Å². The van der Waals surface area contributed by atoms with E-state index in [1.165, 1.54) is 20.3 Å². The van der Waals surface area contributed by atoms with Gasteiger partial charge in [0.2, 0.25) is 0 Å². The molecule has 0 saturated heterocycles. The topological polar surface area (TPSA) is 90.9 Å². The predicted octanol–water partition coefficient (Wildman–Crippen LogP) is 6.09. The number of anilines is 1. The third kappa shape index (κ3) is 4.01. The van der Waals surface area contributed by atoms with Crippen molar-refractivity contribution in [2.75, 3.05) is 19.5 Å². The lowest BCUT2D eigenvalue weighted by Crippen LogP contribution is -2.13. The monoisotopic (exact) mass is 469 g/mol. The number of benzene rings is 3. The molecule has 1 N–H and O–H groups in total. The lowest BCUT2D eigenvalue weighted by Gasteiger charge is -2.11. The molecule has 2 aromatic heterocycles. The van der Waals surface area contributed by atoms with Gasteiger partial charge >= 0.3 is 5.63 Å². The molecule has 3 aromatic carbocycles. The minimum Gasteiger partial charge on any atom is -0.497 e. The molecule has 0 spiro atoms. The normalized spacial score (nSPS) is 11.1. The Morgan fingerprint density at radius 1 is 0.857 bits per heavy atom. The van der Waals surface area contributed by atoms with Gasteiger partial charge in [0, 0.05) is 34.0 Å². The highest BCUT2D eigenvalue weighted by Crippen LogP contribution is 2.41. The zero-order valence-corrected chi connectivity index (χ0v) is 19.7. The Morgan fingerprint density at radius 3 is 2.29 bits per heavy atom. The number of para-hydroxylation sites is 1. The highest BCUT2D eigenvalue weighted by molar-refractivity contribution is 6.13. The number of methoxy groups -OCH3 is 2. The fourth-order valence-electron chi connectivity index (χ4n) is 4.29. The molecule has 0 unspecified atom stereocenters. The van der Waals surface area contributed by atoms with E-state index in [1.807, 2.05) is 50.2 Å². The van der Waals surface area contributed by atoms with Crippen molar-refractivity contribution in [3.8, 4) is 22.8 Å². The van der Waals surface area contributed by atoms with Gasteiger partial charge in [-0.15, -0.1) is 0 Å². The van der Waals surface area contributed by atoms with Crippen molar-refractivity contribution in [1.82, 2.24) is 0 Å². The maximum Gasteiger partial charge on any atom is 0.336 e. The Morgan fingerprint density at radius 2 is 1.57 bits per heavy atom. The predicted molar refractivity (Wildman–Crippen MR) is 135 cm³/mol. The second-order valence-corrected chi connectivity index (χ2v) is 8.30. The lowest BCUT2D eigenvalue weighted by molar-refractivity contribution is 0.102. The first kappa shape index (κ1) is 22.3. The largest absolute Gasteiger partial charge is 0.497 e. The summed E-state index contributed by atoms with van der Waals surface area (Å²) in [6, 6.07) is 17.6. The molecule has 1 amide bonds. The van der Waals surface area contributed by atoms with Crippen molar-refractivity contribution in [2.24, 2.45) is 0 Å². The average molecular weight is 469 g/mol. The number of carbonyl (C=O) groups is 1. The van der Waals surface area contributed by atoms with Crippen LogP contribution in [0.4, 0.5) is 5.69 Å². The van der Waals surface area contributed by atoms with Gasteiger partial charge in [-0.25, -0.2) is 4.79 Å². The van der Waals surface area contributed by atoms with E-state index in [0.29, 0.717) is 50.6 Å². The molecule has 0 fully saturated rings. The molecule has 0 saturated carbocycles. The highest BCUT2D eigenvalue weighted by Gasteiger charge is 2.22. The molecular weight excluding hydrogens is 446 g/mol. The summed E-state index contributed by atoms with van der Waals surface area (Å²) in [4.78, 5) is 25.9. The van der Waals surface area contributed by atoms with Crippen LogP contribution in [0.3, 0.4) is 0 Å². The molecule has 0 radical (unpaired) electrons. The van der Waals surface area contributed by atoms with Crippen molar-refractivity contribution < 1.29 is 23.1 Å². The van der Waals surface area contributed by atoms with Crippen molar-refractivity contribution in [1.29, 1.82) is 0 Å². The van der Waals surface area contributed by atoms with Crippen LogP contribution in [0.1, 0.15) is 21.5 Å². The SMILES string of the molecule is COc1cc(OC)cc(C(=O)Nc2c(-c3cc(=O)oc4c(C)cc(C)cc34)oc3ccccc23)c1. The van der Waals surface area contributed by atoms with E-state index < -0.39 is 5.63 Å². The van der Waals surface area contributed by atoms with Gasteiger partial charge in [-0.1, -0.05) is 18.2 Å². The van der Waals surface area contributed by atoms with E-state index in [9.17, 15) is 9.59 Å². The van der Waals surface area contributed by atoms with Gasteiger partial charge in [-0.2, -0.15) is 0 Å². The second-order valence-electron chi connectivity index (χ2n) is 8.30. The Bertz CT molecular complexity index is 1640. The molecule has 5 aromatic rings. The van der Waals surface area contributed by atoms with Crippen LogP contribution in [0.5, 0.6) is 11.5 Å².